The molecule has 2 aromatic rings. The monoisotopic (exact) mass is 259 g/mol. The lowest BCUT2D eigenvalue weighted by Crippen LogP contribution is -1.92. The Hall–Kier alpha value is -1.45. The fourth-order valence-corrected chi connectivity index (χ4v) is 2.73. The van der Waals surface area contributed by atoms with Gasteiger partial charge in [0, 0.05) is 4.90 Å². The Morgan fingerprint density at radius 2 is 1.44 bits per heavy atom. The summed E-state index contributed by atoms with van der Waals surface area (Å²) in [5, 5.41) is 0. The van der Waals surface area contributed by atoms with Crippen molar-refractivity contribution in [2.75, 3.05) is 0 Å². The number of hydrogen-bond donors (Lipinski definition) is 0. The fourth-order valence-electron chi connectivity index (χ4n) is 2.37. The molecular weight excluding hydrogens is 244 g/mol. The molecule has 0 N–H and O–H groups in total. The lowest BCUT2D eigenvalue weighted by atomic mass is 9.94. The van der Waals surface area contributed by atoms with E-state index in [1.54, 1.807) is 12.1 Å². The van der Waals surface area contributed by atoms with Crippen LogP contribution in [0.15, 0.2) is 41.3 Å². The Kier molecular flexibility index (Phi) is 3.64. The van der Waals surface area contributed by atoms with Crippen LogP contribution in [0.1, 0.15) is 16.7 Å². The van der Waals surface area contributed by atoms with E-state index >= 15 is 0 Å². The first-order valence-electron chi connectivity index (χ1n) is 5.76. The average Bonchev–Trinajstić information content (AvgIpc) is 2.28. The molecule has 94 valence electrons. The smallest absolute Gasteiger partial charge is 0.0249 e. The summed E-state index contributed by atoms with van der Waals surface area (Å²) in [6, 6.07) is 11.3. The Morgan fingerprint density at radius 3 is 1.89 bits per heavy atom. The van der Waals surface area contributed by atoms with Crippen molar-refractivity contribution in [3.63, 3.8) is 0 Å². The van der Waals surface area contributed by atoms with Crippen LogP contribution in [0.3, 0.4) is 0 Å². The molecule has 3 heteroatoms. The molecule has 0 aliphatic rings. The third-order valence-electron chi connectivity index (χ3n) is 3.01. The second-order valence-electron chi connectivity index (χ2n) is 4.53. The number of rotatable bonds is 2. The normalized spacial score (nSPS) is 12.4. The highest BCUT2D eigenvalue weighted by molar-refractivity contribution is 7.79. The van der Waals surface area contributed by atoms with Crippen LogP contribution in [0.2, 0.25) is 0 Å². The van der Waals surface area contributed by atoms with Crippen molar-refractivity contribution in [2.24, 2.45) is 0 Å². The summed E-state index contributed by atoms with van der Waals surface area (Å²) in [6.07, 6.45) is 0. The van der Waals surface area contributed by atoms with E-state index in [0.717, 1.165) is 5.56 Å². The van der Waals surface area contributed by atoms with Crippen molar-refractivity contribution in [3.05, 3.63) is 53.1 Å². The third-order valence-corrected chi connectivity index (χ3v) is 3.67. The number of aryl methyl sites for hydroxylation is 3. The largest absolute Gasteiger partial charge is 0.768 e. The molecule has 2 nitrogen and oxygen atoms in total. The molecule has 0 bridgehead atoms. The van der Waals surface area contributed by atoms with Crippen LogP contribution in [-0.2, 0) is 11.1 Å². The van der Waals surface area contributed by atoms with Crippen LogP contribution >= 0.6 is 0 Å². The van der Waals surface area contributed by atoms with E-state index in [1.165, 1.54) is 22.3 Å². The van der Waals surface area contributed by atoms with Gasteiger partial charge in [-0.15, -0.1) is 0 Å². The summed E-state index contributed by atoms with van der Waals surface area (Å²) in [6.45, 7) is 6.23. The lowest BCUT2D eigenvalue weighted by Gasteiger charge is -2.12. The predicted octanol–water partition coefficient (Wildman–Crippen LogP) is 3.52. The maximum atomic E-state index is 10.8. The summed E-state index contributed by atoms with van der Waals surface area (Å²) < 4.78 is 21.7. The van der Waals surface area contributed by atoms with Crippen LogP contribution < -0.4 is 0 Å². The molecule has 0 fully saturated rings. The van der Waals surface area contributed by atoms with Crippen LogP contribution in [0.25, 0.3) is 11.1 Å². The minimum atomic E-state index is -2.16. The molecule has 0 amide bonds. The third kappa shape index (κ3) is 2.52. The van der Waals surface area contributed by atoms with Crippen molar-refractivity contribution in [2.45, 2.75) is 25.7 Å². The Labute approximate surface area is 110 Å². The fraction of sp³-hybridized carbons (Fsp3) is 0.200. The first-order chi connectivity index (χ1) is 8.49. The highest BCUT2D eigenvalue weighted by Crippen LogP contribution is 2.28. The topological polar surface area (TPSA) is 40.1 Å². The van der Waals surface area contributed by atoms with E-state index in [2.05, 4.69) is 32.9 Å². The summed E-state index contributed by atoms with van der Waals surface area (Å²) in [5.41, 5.74) is 5.90. The van der Waals surface area contributed by atoms with E-state index in [4.69, 9.17) is 0 Å². The summed E-state index contributed by atoms with van der Waals surface area (Å²) >= 11 is -2.16. The van der Waals surface area contributed by atoms with Crippen LogP contribution in [-0.4, -0.2) is 8.76 Å². The van der Waals surface area contributed by atoms with Crippen LogP contribution in [0, 0.1) is 20.8 Å². The molecule has 0 radical (unpaired) electrons. The zero-order chi connectivity index (χ0) is 13.3. The minimum Gasteiger partial charge on any atom is -0.768 e. The van der Waals surface area contributed by atoms with Crippen molar-refractivity contribution in [3.8, 4) is 11.1 Å². The average molecular weight is 259 g/mol. The van der Waals surface area contributed by atoms with Gasteiger partial charge in [0.2, 0.25) is 0 Å². The van der Waals surface area contributed by atoms with Crippen molar-refractivity contribution < 1.29 is 8.76 Å². The van der Waals surface area contributed by atoms with E-state index in [-0.39, 0.29) is 0 Å². The van der Waals surface area contributed by atoms with Gasteiger partial charge in [0.05, 0.1) is 0 Å². The van der Waals surface area contributed by atoms with Gasteiger partial charge in [-0.1, -0.05) is 29.8 Å². The Bertz CT molecular complexity index is 577. The Morgan fingerprint density at radius 1 is 0.944 bits per heavy atom. The predicted molar refractivity (Wildman–Crippen MR) is 73.3 cm³/mol. The van der Waals surface area contributed by atoms with Crippen molar-refractivity contribution >= 4 is 11.1 Å². The molecule has 1 unspecified atom stereocenters. The maximum absolute atomic E-state index is 10.8. The van der Waals surface area contributed by atoms with Crippen molar-refractivity contribution in [1.82, 2.24) is 0 Å². The molecule has 0 saturated heterocycles. The molecule has 2 rings (SSSR count). The molecule has 18 heavy (non-hydrogen) atoms. The van der Waals surface area contributed by atoms with Gasteiger partial charge in [0.25, 0.3) is 0 Å². The molecule has 0 spiro atoms. The molecular formula is C15H15O2S-. The standard InChI is InChI=1S/C15H16O2S/c1-10-8-11(2)15(12(3)9-10)13-4-6-14(7-5-13)18(16)17/h4-9H,1-3H3,(H,16,17)/p-1. The first kappa shape index (κ1) is 13.0. The van der Waals surface area contributed by atoms with Gasteiger partial charge in [-0.2, -0.15) is 0 Å². The Balaban J connectivity index is 2.52. The van der Waals surface area contributed by atoms with E-state index in [9.17, 15) is 8.76 Å². The molecule has 0 saturated carbocycles. The van der Waals surface area contributed by atoms with Gasteiger partial charge < -0.3 is 4.55 Å². The SMILES string of the molecule is Cc1cc(C)c(-c2ccc(S(=O)[O-])cc2)c(C)c1. The quantitative estimate of drug-likeness (QED) is 0.774. The van der Waals surface area contributed by atoms with Crippen LogP contribution in [0.4, 0.5) is 0 Å². The molecule has 0 aliphatic heterocycles. The first-order valence-corrected chi connectivity index (χ1v) is 6.84. The van der Waals surface area contributed by atoms with Gasteiger partial charge >= 0.3 is 0 Å². The van der Waals surface area contributed by atoms with Gasteiger partial charge in [0.1, 0.15) is 0 Å². The van der Waals surface area contributed by atoms with Crippen LogP contribution in [0.5, 0.6) is 0 Å². The minimum absolute atomic E-state index is 0.321. The van der Waals surface area contributed by atoms with E-state index in [0.29, 0.717) is 4.90 Å². The second kappa shape index (κ2) is 5.04. The van der Waals surface area contributed by atoms with Gasteiger partial charge in [-0.25, -0.2) is 0 Å². The molecule has 0 aliphatic carbocycles. The lowest BCUT2D eigenvalue weighted by molar-refractivity contribution is 0.537. The highest BCUT2D eigenvalue weighted by atomic mass is 32.2. The summed E-state index contributed by atoms with van der Waals surface area (Å²) in [5.74, 6) is 0. The van der Waals surface area contributed by atoms with Crippen molar-refractivity contribution in [1.29, 1.82) is 0 Å². The summed E-state index contributed by atoms with van der Waals surface area (Å²) in [7, 11) is 0. The zero-order valence-corrected chi connectivity index (χ0v) is 11.5. The van der Waals surface area contributed by atoms with E-state index < -0.39 is 11.1 Å². The van der Waals surface area contributed by atoms with Gasteiger partial charge in [0.15, 0.2) is 0 Å². The number of hydrogen-bond acceptors (Lipinski definition) is 2. The van der Waals surface area contributed by atoms with Gasteiger partial charge in [-0.05, 0) is 66.2 Å². The van der Waals surface area contributed by atoms with Gasteiger partial charge in [-0.3, -0.25) is 4.21 Å². The zero-order valence-electron chi connectivity index (χ0n) is 10.7. The second-order valence-corrected chi connectivity index (χ2v) is 5.47. The summed E-state index contributed by atoms with van der Waals surface area (Å²) in [4.78, 5) is 0.321. The molecule has 2 aromatic carbocycles. The number of benzene rings is 2. The highest BCUT2D eigenvalue weighted by Gasteiger charge is 2.06. The molecule has 1 atom stereocenters. The molecule has 0 heterocycles. The molecule has 0 aromatic heterocycles. The maximum Gasteiger partial charge on any atom is 0.0249 e. The van der Waals surface area contributed by atoms with E-state index in [1.807, 2.05) is 12.1 Å².